The van der Waals surface area contributed by atoms with Gasteiger partial charge in [-0.25, -0.2) is 8.78 Å². The molecule has 2 unspecified atom stereocenters. The molecule has 1 aromatic carbocycles. The highest BCUT2D eigenvalue weighted by molar-refractivity contribution is 5.80. The number of hydrogen-bond donors (Lipinski definition) is 1. The molecule has 2 aliphatic rings. The second kappa shape index (κ2) is 10.3. The third-order valence-electron chi connectivity index (χ3n) is 5.83. The lowest BCUT2D eigenvalue weighted by Crippen LogP contribution is -2.44. The Morgan fingerprint density at radius 1 is 1.24 bits per heavy atom. The molecule has 1 N–H and O–H groups in total. The lowest BCUT2D eigenvalue weighted by molar-refractivity contribution is 0.0315. The predicted molar refractivity (Wildman–Crippen MR) is 111 cm³/mol. The van der Waals surface area contributed by atoms with Crippen molar-refractivity contribution in [2.24, 2.45) is 10.9 Å². The summed E-state index contributed by atoms with van der Waals surface area (Å²) < 4.78 is 34.0. The number of likely N-dealkylation sites (tertiary alicyclic amines) is 1. The zero-order valence-electron chi connectivity index (χ0n) is 17.7. The number of nitrogens with one attached hydrogen (secondary N) is 1. The van der Waals surface area contributed by atoms with Crippen LogP contribution >= 0.6 is 0 Å². The lowest BCUT2D eigenvalue weighted by atomic mass is 10.0. The highest BCUT2D eigenvalue weighted by Crippen LogP contribution is 2.24. The molecular weight excluding hydrogens is 376 g/mol. The summed E-state index contributed by atoms with van der Waals surface area (Å²) in [5.74, 6) is 0.345. The minimum Gasteiger partial charge on any atom is -0.379 e. The Morgan fingerprint density at radius 2 is 1.93 bits per heavy atom. The number of halogens is 2. The van der Waals surface area contributed by atoms with E-state index in [2.05, 4.69) is 20.1 Å². The molecule has 2 aliphatic heterocycles. The van der Waals surface area contributed by atoms with Crippen molar-refractivity contribution < 1.29 is 13.5 Å². The zero-order valence-corrected chi connectivity index (χ0v) is 17.7. The van der Waals surface area contributed by atoms with E-state index in [0.717, 1.165) is 58.3 Å². The summed E-state index contributed by atoms with van der Waals surface area (Å²) in [4.78, 5) is 11.0. The first-order valence-corrected chi connectivity index (χ1v) is 10.4. The summed E-state index contributed by atoms with van der Waals surface area (Å²) in [5.41, 5.74) is 0.0899. The quantitative estimate of drug-likeness (QED) is 0.573. The molecule has 0 radical (unpaired) electrons. The Hall–Kier alpha value is -1.77. The van der Waals surface area contributed by atoms with Crippen LogP contribution in [0.15, 0.2) is 23.2 Å². The fourth-order valence-corrected chi connectivity index (χ4v) is 4.22. The van der Waals surface area contributed by atoms with Crippen LogP contribution in [0.3, 0.4) is 0 Å². The molecule has 0 aliphatic carbocycles. The number of hydrogen-bond acceptors (Lipinski definition) is 4. The molecule has 8 heteroatoms. The molecule has 2 fully saturated rings. The number of rotatable bonds is 6. The van der Waals surface area contributed by atoms with Gasteiger partial charge in [0.1, 0.15) is 11.6 Å². The topological polar surface area (TPSA) is 43.3 Å². The van der Waals surface area contributed by atoms with Gasteiger partial charge in [0.2, 0.25) is 0 Å². The van der Waals surface area contributed by atoms with Crippen LogP contribution in [0.2, 0.25) is 0 Å². The van der Waals surface area contributed by atoms with Crippen LogP contribution in [-0.4, -0.2) is 94.3 Å². The molecule has 0 saturated carbocycles. The highest BCUT2D eigenvalue weighted by Gasteiger charge is 2.28. The Balaban J connectivity index is 1.58. The fraction of sp³-hybridized carbons (Fsp3) is 0.667. The van der Waals surface area contributed by atoms with E-state index in [-0.39, 0.29) is 5.56 Å². The van der Waals surface area contributed by atoms with E-state index >= 15 is 0 Å². The third-order valence-corrected chi connectivity index (χ3v) is 5.83. The van der Waals surface area contributed by atoms with Gasteiger partial charge in [0, 0.05) is 51.9 Å². The standard InChI is InChI=1S/C21H33F2N5O/c1-24-21(28-8-7-16(15-28)14-27-9-11-29-12-10-27)25-13-19(26(2)3)20-17(22)5-4-6-18(20)23/h4-6,16,19H,7-15H2,1-3H3,(H,24,25). The maximum absolute atomic E-state index is 14.3. The molecular formula is C21H33F2N5O. The van der Waals surface area contributed by atoms with Gasteiger partial charge in [-0.2, -0.15) is 0 Å². The predicted octanol–water partition coefficient (Wildman–Crippen LogP) is 1.80. The van der Waals surface area contributed by atoms with Crippen molar-refractivity contribution in [1.82, 2.24) is 20.0 Å². The van der Waals surface area contributed by atoms with E-state index in [1.54, 1.807) is 7.05 Å². The van der Waals surface area contributed by atoms with E-state index in [1.165, 1.54) is 18.2 Å². The van der Waals surface area contributed by atoms with Crippen LogP contribution in [0.1, 0.15) is 18.0 Å². The second-order valence-corrected chi connectivity index (χ2v) is 8.06. The number of aliphatic imine (C=N–C) groups is 1. The second-order valence-electron chi connectivity index (χ2n) is 8.06. The molecule has 0 bridgehead atoms. The number of morpholine rings is 1. The molecule has 0 aromatic heterocycles. The molecule has 6 nitrogen and oxygen atoms in total. The van der Waals surface area contributed by atoms with Gasteiger partial charge in [0.15, 0.2) is 5.96 Å². The van der Waals surface area contributed by atoms with Gasteiger partial charge < -0.3 is 19.9 Å². The molecule has 29 heavy (non-hydrogen) atoms. The van der Waals surface area contributed by atoms with Gasteiger partial charge in [-0.1, -0.05) is 6.07 Å². The van der Waals surface area contributed by atoms with Crippen molar-refractivity contribution in [2.45, 2.75) is 12.5 Å². The SMILES string of the molecule is CN=C(NCC(c1c(F)cccc1F)N(C)C)N1CCC(CN2CCOCC2)C1. The summed E-state index contributed by atoms with van der Waals surface area (Å²) in [7, 11) is 5.41. The van der Waals surface area contributed by atoms with Crippen LogP contribution in [0, 0.1) is 17.6 Å². The summed E-state index contributed by atoms with van der Waals surface area (Å²) in [5, 5.41) is 3.34. The van der Waals surface area contributed by atoms with Crippen LogP contribution in [0.4, 0.5) is 8.78 Å². The van der Waals surface area contributed by atoms with Crippen molar-refractivity contribution in [1.29, 1.82) is 0 Å². The average Bonchev–Trinajstić information content (AvgIpc) is 3.15. The van der Waals surface area contributed by atoms with Crippen LogP contribution in [-0.2, 0) is 4.74 Å². The third kappa shape index (κ3) is 5.65. The number of nitrogens with zero attached hydrogens (tertiary/aromatic N) is 4. The summed E-state index contributed by atoms with van der Waals surface area (Å²) in [6, 6.07) is 3.58. The molecule has 162 valence electrons. The van der Waals surface area contributed by atoms with Crippen molar-refractivity contribution in [3.8, 4) is 0 Å². The van der Waals surface area contributed by atoms with Gasteiger partial charge >= 0.3 is 0 Å². The van der Waals surface area contributed by atoms with Gasteiger partial charge in [-0.15, -0.1) is 0 Å². The van der Waals surface area contributed by atoms with Gasteiger partial charge in [-0.05, 0) is 38.6 Å². The minimum atomic E-state index is -0.521. The first-order chi connectivity index (χ1) is 14.0. The van der Waals surface area contributed by atoms with Crippen LogP contribution in [0.25, 0.3) is 0 Å². The number of likely N-dealkylation sites (N-methyl/N-ethyl adjacent to an activating group) is 1. The Labute approximate surface area is 172 Å². The normalized spacial score (nSPS) is 22.3. The van der Waals surface area contributed by atoms with Gasteiger partial charge in [-0.3, -0.25) is 9.89 Å². The minimum absolute atomic E-state index is 0.0899. The largest absolute Gasteiger partial charge is 0.379 e. The van der Waals surface area contributed by atoms with E-state index in [4.69, 9.17) is 4.74 Å². The first-order valence-electron chi connectivity index (χ1n) is 10.4. The summed E-state index contributed by atoms with van der Waals surface area (Å²) in [6.07, 6.45) is 1.12. The Kier molecular flexibility index (Phi) is 7.80. The molecule has 2 saturated heterocycles. The smallest absolute Gasteiger partial charge is 0.193 e. The number of guanidine groups is 1. The summed E-state index contributed by atoms with van der Waals surface area (Å²) >= 11 is 0. The molecule has 0 spiro atoms. The molecule has 2 heterocycles. The monoisotopic (exact) mass is 409 g/mol. The Morgan fingerprint density at radius 3 is 2.55 bits per heavy atom. The molecule has 3 rings (SSSR count). The molecule has 2 atom stereocenters. The van der Waals surface area contributed by atoms with Crippen molar-refractivity contribution in [2.75, 3.05) is 73.6 Å². The Bertz CT molecular complexity index is 673. The average molecular weight is 410 g/mol. The summed E-state index contributed by atoms with van der Waals surface area (Å²) in [6.45, 7) is 6.98. The van der Waals surface area contributed by atoms with Crippen LogP contribution < -0.4 is 5.32 Å². The number of benzene rings is 1. The zero-order chi connectivity index (χ0) is 20.8. The van der Waals surface area contributed by atoms with E-state index in [9.17, 15) is 8.78 Å². The van der Waals surface area contributed by atoms with Crippen LogP contribution in [0.5, 0.6) is 0 Å². The van der Waals surface area contributed by atoms with E-state index < -0.39 is 17.7 Å². The molecule has 1 aromatic rings. The maximum Gasteiger partial charge on any atom is 0.193 e. The molecule has 0 amide bonds. The van der Waals surface area contributed by atoms with E-state index in [1.807, 2.05) is 19.0 Å². The lowest BCUT2D eigenvalue weighted by Gasteiger charge is -2.30. The maximum atomic E-state index is 14.3. The number of ether oxygens (including phenoxy) is 1. The fourth-order valence-electron chi connectivity index (χ4n) is 4.22. The van der Waals surface area contributed by atoms with Crippen molar-refractivity contribution >= 4 is 5.96 Å². The highest BCUT2D eigenvalue weighted by atomic mass is 19.1. The van der Waals surface area contributed by atoms with Gasteiger partial charge in [0.25, 0.3) is 0 Å². The van der Waals surface area contributed by atoms with Crippen molar-refractivity contribution in [3.05, 3.63) is 35.4 Å². The van der Waals surface area contributed by atoms with Crippen molar-refractivity contribution in [3.63, 3.8) is 0 Å². The van der Waals surface area contributed by atoms with Gasteiger partial charge in [0.05, 0.1) is 19.3 Å². The first kappa shape index (κ1) is 21.9. The van der Waals surface area contributed by atoms with E-state index in [0.29, 0.717) is 12.5 Å².